The molecule has 0 spiro atoms. The Balaban J connectivity index is 1.45. The summed E-state index contributed by atoms with van der Waals surface area (Å²) in [5, 5.41) is 2.83. The van der Waals surface area contributed by atoms with Crippen molar-refractivity contribution in [1.29, 1.82) is 0 Å². The van der Waals surface area contributed by atoms with Gasteiger partial charge in [0.25, 0.3) is 5.91 Å². The minimum Gasteiger partial charge on any atom is -0.452 e. The molecule has 0 aliphatic carbocycles. The van der Waals surface area contributed by atoms with Crippen LogP contribution >= 0.6 is 0 Å². The molecule has 0 saturated carbocycles. The second kappa shape index (κ2) is 10.6. The number of carbonyl (C=O) groups excluding carboxylic acids is 2. The summed E-state index contributed by atoms with van der Waals surface area (Å²) in [4.78, 5) is 42.4. The third-order valence-electron chi connectivity index (χ3n) is 6.03. The number of rotatable bonds is 7. The number of aromatic nitrogens is 2. The van der Waals surface area contributed by atoms with Gasteiger partial charge >= 0.3 is 5.97 Å². The van der Waals surface area contributed by atoms with Crippen LogP contribution in [0.3, 0.4) is 0 Å². The number of nitrogens with one attached hydrogen (secondary N) is 1. The maximum absolute atomic E-state index is 12.9. The molecule has 11 heteroatoms. The number of hydrogen-bond acceptors (Lipinski definition) is 7. The Labute approximate surface area is 208 Å². The number of carbonyl (C=O) groups is 2. The fraction of sp³-hybridized carbons (Fsp3) is 0.360. The average Bonchev–Trinajstić information content (AvgIpc) is 2.88. The molecule has 1 aliphatic heterocycles. The number of pyridine rings is 2. The molecule has 3 aromatic rings. The van der Waals surface area contributed by atoms with Gasteiger partial charge in [-0.25, -0.2) is 18.2 Å². The summed E-state index contributed by atoms with van der Waals surface area (Å²) in [6.45, 7) is 4.44. The van der Waals surface area contributed by atoms with Crippen molar-refractivity contribution >= 4 is 38.6 Å². The highest BCUT2D eigenvalue weighted by Crippen LogP contribution is 2.23. The van der Waals surface area contributed by atoms with Crippen LogP contribution in [-0.2, 0) is 26.1 Å². The van der Waals surface area contributed by atoms with Crippen LogP contribution < -0.4 is 10.7 Å². The molecule has 0 bridgehead atoms. The molecule has 1 amide bonds. The van der Waals surface area contributed by atoms with Gasteiger partial charge in [-0.2, -0.15) is 4.31 Å². The summed E-state index contributed by atoms with van der Waals surface area (Å²) >= 11 is 0. The van der Waals surface area contributed by atoms with Crippen molar-refractivity contribution in [1.82, 2.24) is 13.9 Å². The zero-order valence-electron chi connectivity index (χ0n) is 20.2. The van der Waals surface area contributed by atoms with Crippen molar-refractivity contribution in [2.75, 3.05) is 25.0 Å². The monoisotopic (exact) mass is 512 g/mol. The standard InChI is InChI=1S/C25H28N4O6S/c1-3-28-15-21(23(31)20-11-10-17(2)26-24(20)28)25(32)35-16-22(30)27-18-8-7-9-19(14-18)36(33,34)29-12-5-4-6-13-29/h7-11,14-15H,3-6,12-13,16H2,1-2H3,(H,27,30). The number of hydrogen-bond donors (Lipinski definition) is 1. The van der Waals surface area contributed by atoms with E-state index in [-0.39, 0.29) is 21.5 Å². The number of piperidine rings is 1. The molecule has 36 heavy (non-hydrogen) atoms. The van der Waals surface area contributed by atoms with E-state index in [4.69, 9.17) is 4.74 Å². The molecule has 3 heterocycles. The van der Waals surface area contributed by atoms with Crippen LogP contribution in [0.1, 0.15) is 42.2 Å². The Morgan fingerprint density at radius 3 is 2.58 bits per heavy atom. The van der Waals surface area contributed by atoms with Gasteiger partial charge in [-0.3, -0.25) is 9.59 Å². The second-order valence-electron chi connectivity index (χ2n) is 8.60. The Morgan fingerprint density at radius 2 is 1.86 bits per heavy atom. The smallest absolute Gasteiger partial charge is 0.344 e. The average molecular weight is 513 g/mol. The quantitative estimate of drug-likeness (QED) is 0.482. The number of fused-ring (bicyclic) bond motifs is 1. The second-order valence-corrected chi connectivity index (χ2v) is 10.5. The van der Waals surface area contributed by atoms with Gasteiger partial charge in [0.1, 0.15) is 11.2 Å². The van der Waals surface area contributed by atoms with Crippen LogP contribution in [0.15, 0.2) is 52.3 Å². The number of aryl methyl sites for hydroxylation is 2. The van der Waals surface area contributed by atoms with Gasteiger partial charge in [0.2, 0.25) is 15.5 Å². The first-order chi connectivity index (χ1) is 17.2. The van der Waals surface area contributed by atoms with Gasteiger partial charge in [0, 0.05) is 37.2 Å². The highest BCUT2D eigenvalue weighted by molar-refractivity contribution is 7.89. The van der Waals surface area contributed by atoms with E-state index in [1.165, 1.54) is 28.7 Å². The van der Waals surface area contributed by atoms with E-state index in [9.17, 15) is 22.8 Å². The minimum absolute atomic E-state index is 0.0827. The summed E-state index contributed by atoms with van der Waals surface area (Å²) in [7, 11) is -3.66. The maximum Gasteiger partial charge on any atom is 0.344 e. The molecule has 0 atom stereocenters. The number of esters is 1. The molecule has 1 saturated heterocycles. The van der Waals surface area contributed by atoms with Gasteiger partial charge in [0.15, 0.2) is 6.61 Å². The van der Waals surface area contributed by atoms with E-state index in [1.54, 1.807) is 22.8 Å². The number of ether oxygens (including phenoxy) is 1. The summed E-state index contributed by atoms with van der Waals surface area (Å²) in [6.07, 6.45) is 4.02. The lowest BCUT2D eigenvalue weighted by Gasteiger charge is -2.26. The molecular weight excluding hydrogens is 484 g/mol. The highest BCUT2D eigenvalue weighted by Gasteiger charge is 2.26. The first-order valence-corrected chi connectivity index (χ1v) is 13.2. The van der Waals surface area contributed by atoms with E-state index >= 15 is 0 Å². The molecule has 1 fully saturated rings. The Kier molecular flexibility index (Phi) is 7.51. The van der Waals surface area contributed by atoms with E-state index in [0.717, 1.165) is 25.0 Å². The molecule has 4 rings (SSSR count). The lowest BCUT2D eigenvalue weighted by Crippen LogP contribution is -2.35. The Morgan fingerprint density at radius 1 is 1.11 bits per heavy atom. The normalized spacial score (nSPS) is 14.5. The van der Waals surface area contributed by atoms with Crippen molar-refractivity contribution in [3.05, 3.63) is 64.1 Å². The summed E-state index contributed by atoms with van der Waals surface area (Å²) < 4.78 is 34.0. The van der Waals surface area contributed by atoms with Crippen LogP contribution in [0.25, 0.3) is 11.0 Å². The number of nitrogens with zero attached hydrogens (tertiary/aromatic N) is 3. The van der Waals surface area contributed by atoms with Crippen molar-refractivity contribution in [3.63, 3.8) is 0 Å². The fourth-order valence-electron chi connectivity index (χ4n) is 4.14. The number of sulfonamides is 1. The summed E-state index contributed by atoms with van der Waals surface area (Å²) in [6, 6.07) is 9.24. The molecule has 1 N–H and O–H groups in total. The molecule has 10 nitrogen and oxygen atoms in total. The summed E-state index contributed by atoms with van der Waals surface area (Å²) in [5.41, 5.74) is 0.746. The van der Waals surface area contributed by atoms with Crippen LogP contribution in [0.2, 0.25) is 0 Å². The van der Waals surface area contributed by atoms with Crippen LogP contribution in [0.4, 0.5) is 5.69 Å². The third-order valence-corrected chi connectivity index (χ3v) is 7.92. The van der Waals surface area contributed by atoms with Crippen molar-refractivity contribution in [2.45, 2.75) is 44.6 Å². The largest absolute Gasteiger partial charge is 0.452 e. The van der Waals surface area contributed by atoms with E-state index in [2.05, 4.69) is 10.3 Å². The number of amides is 1. The van der Waals surface area contributed by atoms with Gasteiger partial charge < -0.3 is 14.6 Å². The van der Waals surface area contributed by atoms with Crippen molar-refractivity contribution in [3.8, 4) is 0 Å². The van der Waals surface area contributed by atoms with Crippen LogP contribution in [0, 0.1) is 6.92 Å². The molecule has 0 radical (unpaired) electrons. The van der Waals surface area contributed by atoms with Gasteiger partial charge in [0.05, 0.1) is 10.3 Å². The predicted octanol–water partition coefficient (Wildman–Crippen LogP) is 2.69. The summed E-state index contributed by atoms with van der Waals surface area (Å²) in [5.74, 6) is -1.59. The van der Waals surface area contributed by atoms with Gasteiger partial charge in [-0.05, 0) is 57.0 Å². The maximum atomic E-state index is 12.9. The third kappa shape index (κ3) is 5.31. The first-order valence-electron chi connectivity index (χ1n) is 11.8. The Bertz CT molecular complexity index is 1480. The molecular formula is C25H28N4O6S. The van der Waals surface area contributed by atoms with E-state index in [1.807, 2.05) is 13.8 Å². The molecule has 190 valence electrons. The van der Waals surface area contributed by atoms with E-state index in [0.29, 0.717) is 25.3 Å². The SMILES string of the molecule is CCn1cc(C(=O)OCC(=O)Nc2cccc(S(=O)(=O)N3CCCCC3)c2)c(=O)c2ccc(C)nc21. The van der Waals surface area contributed by atoms with Crippen molar-refractivity contribution in [2.24, 2.45) is 0 Å². The zero-order valence-corrected chi connectivity index (χ0v) is 21.0. The highest BCUT2D eigenvalue weighted by atomic mass is 32.2. The van der Waals surface area contributed by atoms with Gasteiger partial charge in [-0.1, -0.05) is 12.5 Å². The lowest BCUT2D eigenvalue weighted by molar-refractivity contribution is -0.119. The molecule has 2 aromatic heterocycles. The number of benzene rings is 1. The zero-order chi connectivity index (χ0) is 25.9. The fourth-order valence-corrected chi connectivity index (χ4v) is 5.70. The van der Waals surface area contributed by atoms with Crippen LogP contribution in [-0.4, -0.2) is 53.8 Å². The molecule has 1 aliphatic rings. The van der Waals surface area contributed by atoms with Crippen molar-refractivity contribution < 1.29 is 22.7 Å². The lowest BCUT2D eigenvalue weighted by atomic mass is 10.2. The molecule has 0 unspecified atom stereocenters. The predicted molar refractivity (Wildman–Crippen MR) is 134 cm³/mol. The molecule has 1 aromatic carbocycles. The van der Waals surface area contributed by atoms with Crippen LogP contribution in [0.5, 0.6) is 0 Å². The topological polar surface area (TPSA) is 128 Å². The first kappa shape index (κ1) is 25.5. The van der Waals surface area contributed by atoms with E-state index < -0.39 is 33.9 Å². The van der Waals surface area contributed by atoms with Gasteiger partial charge in [-0.15, -0.1) is 0 Å². The Hall–Kier alpha value is -3.57. The minimum atomic E-state index is -3.66. The number of anilines is 1.